The Morgan fingerprint density at radius 2 is 1.94 bits per heavy atom. The summed E-state index contributed by atoms with van der Waals surface area (Å²) >= 11 is 0. The molecule has 0 bridgehead atoms. The van der Waals surface area contributed by atoms with E-state index in [0.29, 0.717) is 0 Å². The third kappa shape index (κ3) is 4.67. The smallest absolute Gasteiger partial charge is 0.227 e. The molecule has 162 valence electrons. The minimum absolute atomic E-state index is 0.0118. The van der Waals surface area contributed by atoms with Gasteiger partial charge in [0.05, 0.1) is 13.2 Å². The van der Waals surface area contributed by atoms with E-state index < -0.39 is 0 Å². The summed E-state index contributed by atoms with van der Waals surface area (Å²) < 4.78 is 7.10. The molecule has 5 rings (SSSR count). The number of hydrogen-bond acceptors (Lipinski definition) is 7. The summed E-state index contributed by atoms with van der Waals surface area (Å²) in [7, 11) is 0. The van der Waals surface area contributed by atoms with E-state index in [1.54, 1.807) is 10.8 Å². The molecule has 1 N–H and O–H groups in total. The first-order valence-corrected chi connectivity index (χ1v) is 10.9. The number of rotatable bonds is 5. The van der Waals surface area contributed by atoms with Crippen LogP contribution in [0.2, 0.25) is 0 Å². The van der Waals surface area contributed by atoms with E-state index in [-0.39, 0.29) is 11.8 Å². The van der Waals surface area contributed by atoms with Crippen molar-refractivity contribution in [2.24, 2.45) is 5.92 Å². The maximum atomic E-state index is 12.9. The Kier molecular flexibility index (Phi) is 5.77. The highest BCUT2D eigenvalue weighted by molar-refractivity contribution is 5.92. The molecular weight excluding hydrogens is 394 g/mol. The summed E-state index contributed by atoms with van der Waals surface area (Å²) in [5.41, 5.74) is 2.82. The molecule has 4 heterocycles. The van der Waals surface area contributed by atoms with Gasteiger partial charge in [0.1, 0.15) is 12.1 Å². The minimum Gasteiger partial charge on any atom is -0.379 e. The number of ether oxygens (including phenoxy) is 1. The zero-order valence-electron chi connectivity index (χ0n) is 17.5. The topological polar surface area (TPSA) is 87.9 Å². The molecule has 0 unspecified atom stereocenters. The van der Waals surface area contributed by atoms with Crippen LogP contribution in [-0.2, 0) is 16.1 Å². The predicted octanol–water partition coefficient (Wildman–Crippen LogP) is 1.81. The lowest BCUT2D eigenvalue weighted by atomic mass is 9.95. The van der Waals surface area contributed by atoms with Crippen molar-refractivity contribution in [2.45, 2.75) is 19.4 Å². The van der Waals surface area contributed by atoms with Gasteiger partial charge in [-0.3, -0.25) is 9.69 Å². The van der Waals surface area contributed by atoms with Crippen LogP contribution in [0.5, 0.6) is 0 Å². The first kappa shape index (κ1) is 19.9. The van der Waals surface area contributed by atoms with E-state index in [0.717, 1.165) is 75.9 Å². The summed E-state index contributed by atoms with van der Waals surface area (Å²) in [5.74, 6) is 1.00. The molecule has 2 fully saturated rings. The fourth-order valence-corrected chi connectivity index (χ4v) is 4.27. The van der Waals surface area contributed by atoms with Gasteiger partial charge in [0, 0.05) is 44.3 Å². The lowest BCUT2D eigenvalue weighted by Gasteiger charge is -2.32. The molecule has 0 radical (unpaired) electrons. The van der Waals surface area contributed by atoms with Gasteiger partial charge in [-0.05, 0) is 42.7 Å². The number of aromatic nitrogens is 4. The van der Waals surface area contributed by atoms with Crippen molar-refractivity contribution < 1.29 is 9.53 Å². The van der Waals surface area contributed by atoms with Crippen LogP contribution in [0.15, 0.2) is 42.7 Å². The number of nitrogens with one attached hydrogen (secondary N) is 1. The van der Waals surface area contributed by atoms with Gasteiger partial charge in [0.2, 0.25) is 5.91 Å². The highest BCUT2D eigenvalue weighted by atomic mass is 16.5. The number of nitrogens with zero attached hydrogens (tertiary/aromatic N) is 6. The summed E-state index contributed by atoms with van der Waals surface area (Å²) in [5, 5.41) is 15.5. The van der Waals surface area contributed by atoms with Crippen molar-refractivity contribution in [1.29, 1.82) is 0 Å². The largest absolute Gasteiger partial charge is 0.379 e. The molecule has 1 aromatic carbocycles. The van der Waals surface area contributed by atoms with Crippen LogP contribution in [0.3, 0.4) is 0 Å². The summed E-state index contributed by atoms with van der Waals surface area (Å²) in [4.78, 5) is 17.5. The number of carbonyl (C=O) groups excluding carboxylic acids is 1. The Morgan fingerprint density at radius 1 is 1.10 bits per heavy atom. The molecule has 3 aromatic rings. The molecule has 31 heavy (non-hydrogen) atoms. The Hall–Kier alpha value is -3.04. The summed E-state index contributed by atoms with van der Waals surface area (Å²) in [6, 6.07) is 12.1. The number of hydrogen-bond donors (Lipinski definition) is 1. The highest BCUT2D eigenvalue weighted by Crippen LogP contribution is 2.23. The van der Waals surface area contributed by atoms with E-state index in [9.17, 15) is 4.79 Å². The van der Waals surface area contributed by atoms with Crippen molar-refractivity contribution in [1.82, 2.24) is 24.7 Å². The van der Waals surface area contributed by atoms with Crippen LogP contribution in [0.1, 0.15) is 18.4 Å². The van der Waals surface area contributed by atoms with Gasteiger partial charge in [-0.2, -0.15) is 4.52 Å². The van der Waals surface area contributed by atoms with Crippen LogP contribution < -0.4 is 10.2 Å². The number of amides is 1. The number of carbonyl (C=O) groups is 1. The molecule has 0 saturated carbocycles. The van der Waals surface area contributed by atoms with E-state index in [1.165, 1.54) is 5.56 Å². The van der Waals surface area contributed by atoms with Crippen LogP contribution in [0.25, 0.3) is 5.65 Å². The van der Waals surface area contributed by atoms with E-state index in [1.807, 2.05) is 24.3 Å². The van der Waals surface area contributed by atoms with Gasteiger partial charge in [0.25, 0.3) is 0 Å². The zero-order chi connectivity index (χ0) is 21.0. The molecule has 2 aliphatic rings. The number of anilines is 2. The third-order valence-electron chi connectivity index (χ3n) is 6.04. The Balaban J connectivity index is 1.15. The highest BCUT2D eigenvalue weighted by Gasteiger charge is 2.26. The van der Waals surface area contributed by atoms with Gasteiger partial charge < -0.3 is 15.0 Å². The summed E-state index contributed by atoms with van der Waals surface area (Å²) in [6.45, 7) is 5.97. The summed E-state index contributed by atoms with van der Waals surface area (Å²) in [6.07, 6.45) is 3.22. The molecule has 0 spiro atoms. The lowest BCUT2D eigenvalue weighted by Crippen LogP contribution is -2.38. The molecule has 9 heteroatoms. The third-order valence-corrected chi connectivity index (χ3v) is 6.04. The van der Waals surface area contributed by atoms with E-state index in [4.69, 9.17) is 4.74 Å². The molecule has 2 saturated heterocycles. The molecule has 2 aromatic heterocycles. The molecule has 1 amide bonds. The Bertz CT molecular complexity index is 1040. The van der Waals surface area contributed by atoms with Crippen LogP contribution in [0.4, 0.5) is 11.5 Å². The van der Waals surface area contributed by atoms with Gasteiger partial charge in [0.15, 0.2) is 5.65 Å². The van der Waals surface area contributed by atoms with Crippen molar-refractivity contribution in [2.75, 3.05) is 49.6 Å². The average molecular weight is 422 g/mol. The molecular formula is C22H27N7O2. The van der Waals surface area contributed by atoms with Crippen LogP contribution in [0, 0.1) is 5.92 Å². The van der Waals surface area contributed by atoms with Crippen LogP contribution >= 0.6 is 0 Å². The van der Waals surface area contributed by atoms with Crippen molar-refractivity contribution in [3.05, 3.63) is 48.3 Å². The maximum Gasteiger partial charge on any atom is 0.227 e. The SMILES string of the molecule is O=C(Nc1cccc(CN2CCOCC2)c1)C1CCN(c2ccc3nncn3n2)CC1. The van der Waals surface area contributed by atoms with Gasteiger partial charge in [-0.25, -0.2) is 0 Å². The fraction of sp³-hybridized carbons (Fsp3) is 0.455. The monoisotopic (exact) mass is 421 g/mol. The predicted molar refractivity (Wildman–Crippen MR) is 117 cm³/mol. The number of piperidine rings is 1. The van der Waals surface area contributed by atoms with Crippen molar-refractivity contribution in [3.8, 4) is 0 Å². The first-order valence-electron chi connectivity index (χ1n) is 10.9. The van der Waals surface area contributed by atoms with Gasteiger partial charge >= 0.3 is 0 Å². The van der Waals surface area contributed by atoms with Crippen LogP contribution in [-0.4, -0.2) is 70.0 Å². The van der Waals surface area contributed by atoms with Crippen molar-refractivity contribution in [3.63, 3.8) is 0 Å². The Labute approximate surface area is 181 Å². The number of benzene rings is 1. The van der Waals surface area contributed by atoms with Crippen molar-refractivity contribution >= 4 is 23.1 Å². The second-order valence-corrected chi connectivity index (χ2v) is 8.16. The molecule has 9 nitrogen and oxygen atoms in total. The van der Waals surface area contributed by atoms with E-state index in [2.05, 4.69) is 42.5 Å². The molecule has 0 aliphatic carbocycles. The zero-order valence-corrected chi connectivity index (χ0v) is 17.5. The first-order chi connectivity index (χ1) is 15.2. The fourth-order valence-electron chi connectivity index (χ4n) is 4.27. The second kappa shape index (κ2) is 8.99. The number of morpholine rings is 1. The van der Waals surface area contributed by atoms with E-state index >= 15 is 0 Å². The maximum absolute atomic E-state index is 12.9. The number of fused-ring (bicyclic) bond motifs is 1. The standard InChI is InChI=1S/C22H27N7O2/c30-22(24-19-3-1-2-17(14-19)15-27-10-12-31-13-11-27)18-6-8-28(9-7-18)21-5-4-20-25-23-16-29(20)26-21/h1-5,14,16,18H,6-13,15H2,(H,24,30). The Morgan fingerprint density at radius 3 is 2.77 bits per heavy atom. The second-order valence-electron chi connectivity index (χ2n) is 8.16. The quantitative estimate of drug-likeness (QED) is 0.672. The molecule has 0 atom stereocenters. The molecule has 2 aliphatic heterocycles. The van der Waals surface area contributed by atoms with Gasteiger partial charge in [-0.15, -0.1) is 15.3 Å². The minimum atomic E-state index is 0.0118. The van der Waals surface area contributed by atoms with Gasteiger partial charge in [-0.1, -0.05) is 12.1 Å². The lowest BCUT2D eigenvalue weighted by molar-refractivity contribution is -0.120. The average Bonchev–Trinajstić information content (AvgIpc) is 3.28. The normalized spacial score (nSPS) is 18.4.